The fraction of sp³-hybridized carbons (Fsp3) is 0.500. The molecular weight excluding hydrogens is 278 g/mol. The summed E-state index contributed by atoms with van der Waals surface area (Å²) < 4.78 is 11.2. The molecule has 1 heterocycles. The molecule has 1 aliphatic heterocycles. The average molecular weight is 303 g/mol. The Morgan fingerprint density at radius 1 is 1.41 bits per heavy atom. The van der Waals surface area contributed by atoms with Gasteiger partial charge in [-0.05, 0) is 38.3 Å². The Hall–Kier alpha value is -1.81. The summed E-state index contributed by atoms with van der Waals surface area (Å²) in [4.78, 5) is 12.0. The van der Waals surface area contributed by atoms with Crippen molar-refractivity contribution >= 4 is 12.0 Å². The summed E-state index contributed by atoms with van der Waals surface area (Å²) in [6.07, 6.45) is 6.26. The molecule has 1 amide bonds. The Balaban J connectivity index is 1.95. The first-order chi connectivity index (χ1) is 10.7. The van der Waals surface area contributed by atoms with E-state index in [-0.39, 0.29) is 18.1 Å². The van der Waals surface area contributed by atoms with Crippen molar-refractivity contribution in [1.82, 2.24) is 5.32 Å². The summed E-state index contributed by atoms with van der Waals surface area (Å²) >= 11 is 0. The van der Waals surface area contributed by atoms with E-state index in [0.717, 1.165) is 43.8 Å². The minimum absolute atomic E-state index is 0.0646. The van der Waals surface area contributed by atoms with Gasteiger partial charge in [-0.2, -0.15) is 0 Å². The van der Waals surface area contributed by atoms with Gasteiger partial charge in [0.15, 0.2) is 0 Å². The number of hydrogen-bond acceptors (Lipinski definition) is 3. The van der Waals surface area contributed by atoms with Crippen LogP contribution in [-0.4, -0.2) is 31.3 Å². The molecule has 1 saturated heterocycles. The lowest BCUT2D eigenvalue weighted by atomic mass is 10.1. The molecule has 0 spiro atoms. The Morgan fingerprint density at radius 2 is 2.14 bits per heavy atom. The van der Waals surface area contributed by atoms with Crippen LogP contribution in [0.25, 0.3) is 6.08 Å². The van der Waals surface area contributed by atoms with Crippen molar-refractivity contribution in [3.8, 4) is 5.75 Å². The number of carbonyl (C=O) groups is 1. The molecule has 0 aliphatic carbocycles. The number of amides is 1. The van der Waals surface area contributed by atoms with Gasteiger partial charge >= 0.3 is 0 Å². The number of rotatable bonds is 6. The summed E-state index contributed by atoms with van der Waals surface area (Å²) in [6.45, 7) is 5.57. The predicted molar refractivity (Wildman–Crippen MR) is 87.8 cm³/mol. The zero-order chi connectivity index (χ0) is 15.8. The monoisotopic (exact) mass is 303 g/mol. The van der Waals surface area contributed by atoms with Gasteiger partial charge in [0.1, 0.15) is 5.75 Å². The SMILES string of the molecule is CC[C@@H](C)Oc1ccccc1/C=C\C(=O)NC1CCOCC1. The molecule has 0 aromatic heterocycles. The topological polar surface area (TPSA) is 47.6 Å². The van der Waals surface area contributed by atoms with E-state index >= 15 is 0 Å². The van der Waals surface area contributed by atoms with Crippen LogP contribution in [0.2, 0.25) is 0 Å². The largest absolute Gasteiger partial charge is 0.490 e. The highest BCUT2D eigenvalue weighted by Crippen LogP contribution is 2.21. The zero-order valence-electron chi connectivity index (χ0n) is 13.4. The first kappa shape index (κ1) is 16.6. The maximum atomic E-state index is 12.0. The van der Waals surface area contributed by atoms with Crippen LogP contribution in [0.5, 0.6) is 5.75 Å². The lowest BCUT2D eigenvalue weighted by Crippen LogP contribution is -2.37. The van der Waals surface area contributed by atoms with E-state index in [9.17, 15) is 4.79 Å². The summed E-state index contributed by atoms with van der Waals surface area (Å²) in [7, 11) is 0. The number of carbonyl (C=O) groups excluding carboxylic acids is 1. The lowest BCUT2D eigenvalue weighted by molar-refractivity contribution is -0.117. The Morgan fingerprint density at radius 3 is 2.86 bits per heavy atom. The van der Waals surface area contributed by atoms with E-state index in [2.05, 4.69) is 12.2 Å². The fourth-order valence-electron chi connectivity index (χ4n) is 2.28. The highest BCUT2D eigenvalue weighted by atomic mass is 16.5. The minimum atomic E-state index is -0.0646. The fourth-order valence-corrected chi connectivity index (χ4v) is 2.28. The Bertz CT molecular complexity index is 507. The molecule has 0 radical (unpaired) electrons. The third-order valence-electron chi connectivity index (χ3n) is 3.80. The molecule has 0 saturated carbocycles. The first-order valence-electron chi connectivity index (χ1n) is 8.01. The van der Waals surface area contributed by atoms with Crippen molar-refractivity contribution in [3.63, 3.8) is 0 Å². The van der Waals surface area contributed by atoms with Crippen molar-refractivity contribution in [2.75, 3.05) is 13.2 Å². The summed E-state index contributed by atoms with van der Waals surface area (Å²) in [5.74, 6) is 0.747. The molecule has 22 heavy (non-hydrogen) atoms. The third kappa shape index (κ3) is 5.19. The third-order valence-corrected chi connectivity index (χ3v) is 3.80. The molecule has 0 bridgehead atoms. The quantitative estimate of drug-likeness (QED) is 0.821. The van der Waals surface area contributed by atoms with Crippen LogP contribution in [0, 0.1) is 0 Å². The normalized spacial score (nSPS) is 17.4. The minimum Gasteiger partial charge on any atom is -0.490 e. The molecule has 1 atom stereocenters. The molecule has 120 valence electrons. The van der Waals surface area contributed by atoms with Crippen LogP contribution in [-0.2, 0) is 9.53 Å². The Kier molecular flexibility index (Phi) is 6.46. The van der Waals surface area contributed by atoms with Crippen molar-refractivity contribution < 1.29 is 14.3 Å². The number of nitrogens with one attached hydrogen (secondary N) is 1. The molecule has 1 aromatic carbocycles. The van der Waals surface area contributed by atoms with Crippen LogP contribution < -0.4 is 10.1 Å². The number of benzene rings is 1. The van der Waals surface area contributed by atoms with Crippen LogP contribution in [0.15, 0.2) is 30.3 Å². The van der Waals surface area contributed by atoms with Crippen molar-refractivity contribution in [3.05, 3.63) is 35.9 Å². The number of hydrogen-bond donors (Lipinski definition) is 1. The molecule has 0 unspecified atom stereocenters. The van der Waals surface area contributed by atoms with E-state index in [1.807, 2.05) is 37.3 Å². The molecule has 2 rings (SSSR count). The van der Waals surface area contributed by atoms with Crippen LogP contribution >= 0.6 is 0 Å². The van der Waals surface area contributed by atoms with Gasteiger partial charge in [-0.1, -0.05) is 25.1 Å². The molecule has 4 heteroatoms. The summed E-state index contributed by atoms with van der Waals surface area (Å²) in [5, 5.41) is 3.01. The molecule has 4 nitrogen and oxygen atoms in total. The molecule has 1 fully saturated rings. The molecular formula is C18H25NO3. The zero-order valence-corrected chi connectivity index (χ0v) is 13.4. The first-order valence-corrected chi connectivity index (χ1v) is 8.01. The van der Waals surface area contributed by atoms with Gasteiger partial charge in [-0.15, -0.1) is 0 Å². The highest BCUT2D eigenvalue weighted by molar-refractivity contribution is 5.92. The van der Waals surface area contributed by atoms with Crippen LogP contribution in [0.3, 0.4) is 0 Å². The van der Waals surface area contributed by atoms with E-state index in [0.29, 0.717) is 0 Å². The van der Waals surface area contributed by atoms with Gasteiger partial charge in [0.05, 0.1) is 6.10 Å². The van der Waals surface area contributed by atoms with E-state index in [4.69, 9.17) is 9.47 Å². The van der Waals surface area contributed by atoms with Gasteiger partial charge in [0.25, 0.3) is 0 Å². The molecule has 1 aromatic rings. The highest BCUT2D eigenvalue weighted by Gasteiger charge is 2.14. The van der Waals surface area contributed by atoms with Crippen molar-refractivity contribution in [1.29, 1.82) is 0 Å². The van der Waals surface area contributed by atoms with Gasteiger partial charge in [0.2, 0.25) is 5.91 Å². The standard InChI is InChI=1S/C18H25NO3/c1-3-14(2)22-17-7-5-4-6-15(17)8-9-18(20)19-16-10-12-21-13-11-16/h4-9,14,16H,3,10-13H2,1-2H3,(H,19,20)/b9-8-/t14-/m1/s1. The van der Waals surface area contributed by atoms with E-state index in [1.54, 1.807) is 6.08 Å². The van der Waals surface area contributed by atoms with E-state index in [1.165, 1.54) is 0 Å². The van der Waals surface area contributed by atoms with Crippen LogP contribution in [0.4, 0.5) is 0 Å². The average Bonchev–Trinajstić information content (AvgIpc) is 2.55. The van der Waals surface area contributed by atoms with Gasteiger partial charge in [0, 0.05) is 30.9 Å². The molecule has 1 aliphatic rings. The lowest BCUT2D eigenvalue weighted by Gasteiger charge is -2.22. The number of para-hydroxylation sites is 1. The molecule has 1 N–H and O–H groups in total. The number of ether oxygens (including phenoxy) is 2. The van der Waals surface area contributed by atoms with Gasteiger partial charge in [-0.3, -0.25) is 4.79 Å². The maximum Gasteiger partial charge on any atom is 0.244 e. The van der Waals surface area contributed by atoms with Crippen molar-refractivity contribution in [2.45, 2.75) is 45.3 Å². The second-order valence-electron chi connectivity index (χ2n) is 5.60. The van der Waals surface area contributed by atoms with Crippen LogP contribution in [0.1, 0.15) is 38.7 Å². The second-order valence-corrected chi connectivity index (χ2v) is 5.60. The summed E-state index contributed by atoms with van der Waals surface area (Å²) in [6, 6.07) is 7.99. The van der Waals surface area contributed by atoms with Gasteiger partial charge in [-0.25, -0.2) is 0 Å². The smallest absolute Gasteiger partial charge is 0.244 e. The van der Waals surface area contributed by atoms with Gasteiger partial charge < -0.3 is 14.8 Å². The second kappa shape index (κ2) is 8.59. The maximum absolute atomic E-state index is 12.0. The predicted octanol–water partition coefficient (Wildman–Crippen LogP) is 3.17. The summed E-state index contributed by atoms with van der Waals surface area (Å²) in [5.41, 5.74) is 0.921. The Labute approximate surface area is 132 Å². The van der Waals surface area contributed by atoms with Crippen molar-refractivity contribution in [2.24, 2.45) is 0 Å². The van der Waals surface area contributed by atoms with E-state index < -0.39 is 0 Å².